The zero-order chi connectivity index (χ0) is 13.2. The number of nitrogens with zero attached hydrogens (tertiary/aromatic N) is 2. The molecule has 1 aromatic carbocycles. The van der Waals surface area contributed by atoms with Crippen molar-refractivity contribution in [2.45, 2.75) is 0 Å². The van der Waals surface area contributed by atoms with Gasteiger partial charge in [-0.3, -0.25) is 0 Å². The van der Waals surface area contributed by atoms with Crippen LogP contribution < -0.4 is 31.8 Å². The van der Waals surface area contributed by atoms with Crippen LogP contribution in [0.1, 0.15) is 0 Å². The molecule has 0 fully saturated rings. The molecule has 0 unspecified atom stereocenters. The van der Waals surface area contributed by atoms with Gasteiger partial charge in [0.05, 0.1) is 0 Å². The van der Waals surface area contributed by atoms with Crippen LogP contribution in [0, 0.1) is 0 Å². The predicted molar refractivity (Wildman–Crippen MR) is 70.1 cm³/mol. The molecule has 3 rings (SSSR count). The molecule has 0 aliphatic carbocycles. The number of ether oxygens (including phenoxy) is 2. The lowest BCUT2D eigenvalue weighted by Gasteiger charge is -2.10. The third kappa shape index (κ3) is 2.04. The summed E-state index contributed by atoms with van der Waals surface area (Å²) >= 11 is 0. The van der Waals surface area contributed by atoms with Gasteiger partial charge in [0.15, 0.2) is 23.1 Å². The Morgan fingerprint density at radius 2 is 1.89 bits per heavy atom. The fourth-order valence-electron chi connectivity index (χ4n) is 1.72. The maximum atomic E-state index is 5.87. The molecule has 0 bridgehead atoms. The minimum atomic E-state index is 0.232. The highest BCUT2D eigenvalue weighted by molar-refractivity contribution is 5.77. The smallest absolute Gasteiger partial charge is 0.231 e. The number of hydrogen-bond acceptors (Lipinski definition) is 8. The van der Waals surface area contributed by atoms with E-state index in [1.807, 2.05) is 12.1 Å². The molecule has 0 radical (unpaired) electrons. The van der Waals surface area contributed by atoms with Crippen molar-refractivity contribution in [3.05, 3.63) is 24.5 Å². The number of fused-ring (bicyclic) bond motifs is 1. The van der Waals surface area contributed by atoms with E-state index in [4.69, 9.17) is 21.1 Å². The molecule has 2 heterocycles. The summed E-state index contributed by atoms with van der Waals surface area (Å²) < 4.78 is 10.5. The van der Waals surface area contributed by atoms with E-state index < -0.39 is 0 Å². The SMILES string of the molecule is NNc1ncnc(Nc2ccc3c(c2)OCO3)c1N. The van der Waals surface area contributed by atoms with Crippen LogP contribution in [0.4, 0.5) is 23.0 Å². The lowest BCUT2D eigenvalue weighted by Crippen LogP contribution is -2.12. The average molecular weight is 260 g/mol. The summed E-state index contributed by atoms with van der Waals surface area (Å²) in [6, 6.07) is 5.45. The Morgan fingerprint density at radius 1 is 1.11 bits per heavy atom. The van der Waals surface area contributed by atoms with Gasteiger partial charge in [-0.1, -0.05) is 0 Å². The van der Waals surface area contributed by atoms with Crippen molar-refractivity contribution in [3.63, 3.8) is 0 Å². The molecule has 0 amide bonds. The van der Waals surface area contributed by atoms with Crippen molar-refractivity contribution < 1.29 is 9.47 Å². The number of rotatable bonds is 3. The number of anilines is 4. The molecule has 1 aliphatic heterocycles. The summed E-state index contributed by atoms with van der Waals surface area (Å²) in [7, 11) is 0. The van der Waals surface area contributed by atoms with E-state index in [0.29, 0.717) is 28.8 Å². The van der Waals surface area contributed by atoms with Crippen molar-refractivity contribution in [1.82, 2.24) is 9.97 Å². The van der Waals surface area contributed by atoms with Crippen LogP contribution >= 0.6 is 0 Å². The Balaban J connectivity index is 1.89. The molecule has 2 aromatic rings. The topological polar surface area (TPSA) is 120 Å². The molecule has 6 N–H and O–H groups in total. The monoisotopic (exact) mass is 260 g/mol. The first-order valence-corrected chi connectivity index (χ1v) is 5.51. The first-order valence-electron chi connectivity index (χ1n) is 5.51. The third-order valence-electron chi connectivity index (χ3n) is 2.66. The second-order valence-electron chi connectivity index (χ2n) is 3.82. The van der Waals surface area contributed by atoms with Gasteiger partial charge in [0, 0.05) is 11.8 Å². The number of nitrogens with one attached hydrogen (secondary N) is 2. The van der Waals surface area contributed by atoms with Gasteiger partial charge < -0.3 is 25.9 Å². The molecule has 1 aliphatic rings. The van der Waals surface area contributed by atoms with Crippen LogP contribution in [0.2, 0.25) is 0 Å². The second-order valence-corrected chi connectivity index (χ2v) is 3.82. The molecule has 19 heavy (non-hydrogen) atoms. The fraction of sp³-hybridized carbons (Fsp3) is 0.0909. The first kappa shape index (κ1) is 11.4. The second kappa shape index (κ2) is 4.50. The van der Waals surface area contributed by atoms with Crippen molar-refractivity contribution in [2.24, 2.45) is 5.84 Å². The van der Waals surface area contributed by atoms with Gasteiger partial charge in [-0.25, -0.2) is 15.8 Å². The Hall–Kier alpha value is -2.74. The summed E-state index contributed by atoms with van der Waals surface area (Å²) in [5, 5.41) is 3.07. The zero-order valence-corrected chi connectivity index (χ0v) is 9.88. The van der Waals surface area contributed by atoms with Crippen molar-refractivity contribution in [2.75, 3.05) is 23.3 Å². The number of hydrazine groups is 1. The Labute approximate surface area is 108 Å². The van der Waals surface area contributed by atoms with Gasteiger partial charge in [0.2, 0.25) is 6.79 Å². The van der Waals surface area contributed by atoms with Gasteiger partial charge in [0.1, 0.15) is 12.0 Å². The maximum absolute atomic E-state index is 5.87. The number of hydrogen-bond donors (Lipinski definition) is 4. The summed E-state index contributed by atoms with van der Waals surface area (Å²) in [5.74, 6) is 7.51. The van der Waals surface area contributed by atoms with Gasteiger partial charge in [-0.2, -0.15) is 0 Å². The fourth-order valence-corrected chi connectivity index (χ4v) is 1.72. The molecule has 1 aromatic heterocycles. The number of nitrogen functional groups attached to an aromatic ring is 2. The van der Waals surface area contributed by atoms with E-state index in [2.05, 4.69) is 20.7 Å². The minimum Gasteiger partial charge on any atom is -0.454 e. The molecule has 0 spiro atoms. The lowest BCUT2D eigenvalue weighted by molar-refractivity contribution is 0.174. The van der Waals surface area contributed by atoms with Crippen LogP contribution in [0.15, 0.2) is 24.5 Å². The van der Waals surface area contributed by atoms with Gasteiger partial charge in [-0.05, 0) is 12.1 Å². The third-order valence-corrected chi connectivity index (χ3v) is 2.66. The van der Waals surface area contributed by atoms with E-state index in [1.54, 1.807) is 6.07 Å². The Kier molecular flexibility index (Phi) is 2.69. The van der Waals surface area contributed by atoms with E-state index in [-0.39, 0.29) is 6.79 Å². The quantitative estimate of drug-likeness (QED) is 0.473. The standard InChI is InChI=1S/C11H12N6O2/c12-9-10(14-4-15-11(9)17-13)16-6-1-2-7-8(3-6)19-5-18-7/h1-4H,5,12-13H2,(H2,14,15,16,17). The number of nitrogens with two attached hydrogens (primary N) is 2. The molecular formula is C11H12N6O2. The molecular weight excluding hydrogens is 248 g/mol. The molecule has 98 valence electrons. The highest BCUT2D eigenvalue weighted by Crippen LogP contribution is 2.35. The molecule has 8 nitrogen and oxygen atoms in total. The zero-order valence-electron chi connectivity index (χ0n) is 9.88. The first-order chi connectivity index (χ1) is 9.28. The molecule has 8 heteroatoms. The van der Waals surface area contributed by atoms with Gasteiger partial charge >= 0.3 is 0 Å². The number of benzene rings is 1. The summed E-state index contributed by atoms with van der Waals surface area (Å²) in [4.78, 5) is 7.96. The molecule has 0 saturated heterocycles. The van der Waals surface area contributed by atoms with Crippen LogP contribution in [0.3, 0.4) is 0 Å². The maximum Gasteiger partial charge on any atom is 0.231 e. The van der Waals surface area contributed by atoms with Crippen molar-refractivity contribution in [3.8, 4) is 11.5 Å². The van der Waals surface area contributed by atoms with Crippen molar-refractivity contribution in [1.29, 1.82) is 0 Å². The largest absolute Gasteiger partial charge is 0.454 e. The van der Waals surface area contributed by atoms with Crippen molar-refractivity contribution >= 4 is 23.0 Å². The van der Waals surface area contributed by atoms with E-state index in [0.717, 1.165) is 5.69 Å². The molecule has 0 saturated carbocycles. The van der Waals surface area contributed by atoms with Gasteiger partial charge in [-0.15, -0.1) is 0 Å². The minimum absolute atomic E-state index is 0.232. The molecule has 0 atom stereocenters. The Morgan fingerprint density at radius 3 is 2.74 bits per heavy atom. The number of aromatic nitrogens is 2. The highest BCUT2D eigenvalue weighted by atomic mass is 16.7. The van der Waals surface area contributed by atoms with Crippen LogP contribution in [0.5, 0.6) is 11.5 Å². The predicted octanol–water partition coefficient (Wildman–Crippen LogP) is 0.817. The highest BCUT2D eigenvalue weighted by Gasteiger charge is 2.14. The summed E-state index contributed by atoms with van der Waals surface area (Å²) in [5.41, 5.74) is 9.38. The Bertz CT molecular complexity index is 618. The average Bonchev–Trinajstić information content (AvgIpc) is 2.88. The van der Waals surface area contributed by atoms with Crippen LogP contribution in [-0.4, -0.2) is 16.8 Å². The van der Waals surface area contributed by atoms with E-state index >= 15 is 0 Å². The van der Waals surface area contributed by atoms with Crippen LogP contribution in [0.25, 0.3) is 0 Å². The lowest BCUT2D eigenvalue weighted by atomic mass is 10.2. The van der Waals surface area contributed by atoms with Crippen LogP contribution in [-0.2, 0) is 0 Å². The summed E-state index contributed by atoms with van der Waals surface area (Å²) in [6.45, 7) is 0.232. The van der Waals surface area contributed by atoms with Gasteiger partial charge in [0.25, 0.3) is 0 Å². The normalized spacial score (nSPS) is 12.3. The van der Waals surface area contributed by atoms with E-state index in [1.165, 1.54) is 6.33 Å². The summed E-state index contributed by atoms with van der Waals surface area (Å²) in [6.07, 6.45) is 1.36. The van der Waals surface area contributed by atoms with E-state index in [9.17, 15) is 0 Å².